The van der Waals surface area contributed by atoms with E-state index in [1.807, 2.05) is 31.2 Å². The van der Waals surface area contributed by atoms with Crippen molar-refractivity contribution in [3.63, 3.8) is 0 Å². The van der Waals surface area contributed by atoms with Crippen molar-refractivity contribution in [1.29, 1.82) is 0 Å². The number of benzene rings is 1. The summed E-state index contributed by atoms with van der Waals surface area (Å²) in [5.74, 6) is -0.379. The van der Waals surface area contributed by atoms with Gasteiger partial charge in [-0.15, -0.1) is 0 Å². The molecule has 0 spiro atoms. The van der Waals surface area contributed by atoms with Crippen LogP contribution in [0.25, 0.3) is 0 Å². The number of carboxylic acids is 1. The van der Waals surface area contributed by atoms with Gasteiger partial charge in [-0.2, -0.15) is 0 Å². The number of unbranched alkanes of at least 4 members (excludes halogenated alkanes) is 2. The molecule has 3 nitrogen and oxygen atoms in total. The quantitative estimate of drug-likeness (QED) is 0.373. The number of carbonyl (C=O) groups excluding carboxylic acids is 1. The number of ketones is 1. The monoisotopic (exact) mass is 354 g/mol. The number of hydrogen-bond donors (Lipinski definition) is 1. The molecule has 0 bridgehead atoms. The van der Waals surface area contributed by atoms with Gasteiger partial charge in [0.15, 0.2) is 5.78 Å². The van der Waals surface area contributed by atoms with E-state index in [1.165, 1.54) is 0 Å². The molecule has 1 aromatic rings. The van der Waals surface area contributed by atoms with Crippen LogP contribution in [0.2, 0.25) is 0 Å². The highest BCUT2D eigenvalue weighted by atomic mass is 79.9. The lowest BCUT2D eigenvalue weighted by atomic mass is 9.94. The van der Waals surface area contributed by atoms with Crippen LogP contribution in [0.15, 0.2) is 24.3 Å². The summed E-state index contributed by atoms with van der Waals surface area (Å²) in [6.07, 6.45) is 4.50. The van der Waals surface area contributed by atoms with Gasteiger partial charge in [0.05, 0.1) is 0 Å². The molecule has 0 saturated heterocycles. The largest absolute Gasteiger partial charge is 0.481 e. The van der Waals surface area contributed by atoms with Crippen molar-refractivity contribution in [1.82, 2.24) is 0 Å². The minimum Gasteiger partial charge on any atom is -0.481 e. The van der Waals surface area contributed by atoms with Gasteiger partial charge >= 0.3 is 5.97 Å². The zero-order chi connectivity index (χ0) is 15.7. The molecule has 1 aromatic carbocycles. The number of halogens is 1. The molecule has 0 aliphatic rings. The first kappa shape index (κ1) is 17.9. The molecule has 1 unspecified atom stereocenters. The number of carbonyl (C=O) groups is 2. The van der Waals surface area contributed by atoms with E-state index in [0.29, 0.717) is 12.8 Å². The highest BCUT2D eigenvalue weighted by Crippen LogP contribution is 2.21. The normalized spacial score (nSPS) is 12.1. The van der Waals surface area contributed by atoms with Crippen LogP contribution in [0.5, 0.6) is 0 Å². The summed E-state index contributed by atoms with van der Waals surface area (Å²) in [4.78, 5) is 22.6. The SMILES string of the molecule is CC(CCC(=O)O)c1ccc(C(=O)CCCCCBr)cc1. The van der Waals surface area contributed by atoms with E-state index >= 15 is 0 Å². The van der Waals surface area contributed by atoms with E-state index < -0.39 is 5.97 Å². The Morgan fingerprint density at radius 3 is 2.33 bits per heavy atom. The molecule has 0 fully saturated rings. The number of Topliss-reactive ketones (excluding diaryl/α,β-unsaturated/α-hetero) is 1. The maximum atomic E-state index is 12.0. The fraction of sp³-hybridized carbons (Fsp3) is 0.529. The number of alkyl halides is 1. The molecular weight excluding hydrogens is 332 g/mol. The number of carboxylic acid groups (broad SMARTS) is 1. The van der Waals surface area contributed by atoms with Gasteiger partial charge in [-0.1, -0.05) is 53.5 Å². The number of aliphatic carboxylic acids is 1. The molecule has 21 heavy (non-hydrogen) atoms. The molecule has 0 aliphatic carbocycles. The standard InChI is InChI=1S/C17H23BrO3/c1-13(6-11-17(20)21)14-7-9-15(10-8-14)16(19)5-3-2-4-12-18/h7-10,13H,2-6,11-12H2,1H3,(H,20,21). The van der Waals surface area contributed by atoms with Crippen LogP contribution in [0.4, 0.5) is 0 Å². The van der Waals surface area contributed by atoms with E-state index in [0.717, 1.165) is 35.7 Å². The molecule has 0 heterocycles. The molecular formula is C17H23BrO3. The lowest BCUT2D eigenvalue weighted by Crippen LogP contribution is -2.02. The fourth-order valence-corrected chi connectivity index (χ4v) is 2.60. The van der Waals surface area contributed by atoms with Crippen molar-refractivity contribution >= 4 is 27.7 Å². The van der Waals surface area contributed by atoms with Crippen molar-refractivity contribution in [3.8, 4) is 0 Å². The molecule has 1 atom stereocenters. The second-order valence-electron chi connectivity index (χ2n) is 5.38. The van der Waals surface area contributed by atoms with Gasteiger partial charge in [-0.3, -0.25) is 9.59 Å². The van der Waals surface area contributed by atoms with Crippen molar-refractivity contribution in [2.45, 2.75) is 51.4 Å². The average molecular weight is 355 g/mol. The Bertz CT molecular complexity index is 454. The molecule has 1 rings (SSSR count). The lowest BCUT2D eigenvalue weighted by Gasteiger charge is -2.11. The molecule has 0 aliphatic heterocycles. The van der Waals surface area contributed by atoms with Gasteiger partial charge in [-0.25, -0.2) is 0 Å². The summed E-state index contributed by atoms with van der Waals surface area (Å²) in [6, 6.07) is 7.61. The van der Waals surface area contributed by atoms with E-state index in [1.54, 1.807) is 0 Å². The van der Waals surface area contributed by atoms with Gasteiger partial charge in [0.1, 0.15) is 0 Å². The molecule has 0 radical (unpaired) electrons. The van der Waals surface area contributed by atoms with Crippen molar-refractivity contribution in [2.75, 3.05) is 5.33 Å². The van der Waals surface area contributed by atoms with Gasteiger partial charge in [-0.05, 0) is 30.7 Å². The minimum atomic E-state index is -0.767. The summed E-state index contributed by atoms with van der Waals surface area (Å²) in [5.41, 5.74) is 1.84. The second kappa shape index (κ2) is 9.72. The summed E-state index contributed by atoms with van der Waals surface area (Å²) >= 11 is 3.38. The summed E-state index contributed by atoms with van der Waals surface area (Å²) in [5, 5.41) is 9.69. The number of rotatable bonds is 10. The van der Waals surface area contributed by atoms with Gasteiger partial charge in [0, 0.05) is 23.7 Å². The van der Waals surface area contributed by atoms with Crippen LogP contribution < -0.4 is 0 Å². The first-order chi connectivity index (χ1) is 10.0. The van der Waals surface area contributed by atoms with Crippen LogP contribution >= 0.6 is 15.9 Å². The predicted molar refractivity (Wildman–Crippen MR) is 88.3 cm³/mol. The Kier molecular flexibility index (Phi) is 8.28. The maximum absolute atomic E-state index is 12.0. The van der Waals surface area contributed by atoms with Crippen LogP contribution in [0.1, 0.15) is 67.3 Å². The predicted octanol–water partition coefficient (Wildman–Crippen LogP) is 4.79. The van der Waals surface area contributed by atoms with Crippen LogP contribution in [-0.4, -0.2) is 22.2 Å². The van der Waals surface area contributed by atoms with E-state index in [-0.39, 0.29) is 18.1 Å². The topological polar surface area (TPSA) is 54.4 Å². The van der Waals surface area contributed by atoms with Crippen molar-refractivity contribution < 1.29 is 14.7 Å². The third-order valence-electron chi connectivity index (χ3n) is 3.63. The summed E-state index contributed by atoms with van der Waals surface area (Å²) in [6.45, 7) is 2.01. The average Bonchev–Trinajstić information content (AvgIpc) is 2.49. The van der Waals surface area contributed by atoms with E-state index in [2.05, 4.69) is 15.9 Å². The third kappa shape index (κ3) is 6.89. The maximum Gasteiger partial charge on any atom is 0.303 e. The van der Waals surface area contributed by atoms with Gasteiger partial charge in [0.2, 0.25) is 0 Å². The highest BCUT2D eigenvalue weighted by molar-refractivity contribution is 9.09. The van der Waals surface area contributed by atoms with E-state index in [9.17, 15) is 9.59 Å². The summed E-state index contributed by atoms with van der Waals surface area (Å²) in [7, 11) is 0. The Hall–Kier alpha value is -1.16. The smallest absolute Gasteiger partial charge is 0.303 e. The van der Waals surface area contributed by atoms with Crippen molar-refractivity contribution in [3.05, 3.63) is 35.4 Å². The Balaban J connectivity index is 2.49. The van der Waals surface area contributed by atoms with Crippen molar-refractivity contribution in [2.24, 2.45) is 0 Å². The van der Waals surface area contributed by atoms with Crippen LogP contribution in [0, 0.1) is 0 Å². The molecule has 1 N–H and O–H groups in total. The lowest BCUT2D eigenvalue weighted by molar-refractivity contribution is -0.137. The van der Waals surface area contributed by atoms with Crippen LogP contribution in [-0.2, 0) is 4.79 Å². The van der Waals surface area contributed by atoms with Gasteiger partial charge in [0.25, 0.3) is 0 Å². The third-order valence-corrected chi connectivity index (χ3v) is 4.19. The zero-order valence-electron chi connectivity index (χ0n) is 12.5. The first-order valence-electron chi connectivity index (χ1n) is 7.45. The molecule has 4 heteroatoms. The molecule has 0 amide bonds. The highest BCUT2D eigenvalue weighted by Gasteiger charge is 2.10. The van der Waals surface area contributed by atoms with Gasteiger partial charge < -0.3 is 5.11 Å². The molecule has 116 valence electrons. The Morgan fingerprint density at radius 2 is 1.76 bits per heavy atom. The molecule has 0 aromatic heterocycles. The molecule has 0 saturated carbocycles. The number of hydrogen-bond acceptors (Lipinski definition) is 2. The fourth-order valence-electron chi connectivity index (χ4n) is 2.21. The second-order valence-corrected chi connectivity index (χ2v) is 6.17. The Morgan fingerprint density at radius 1 is 1.10 bits per heavy atom. The van der Waals surface area contributed by atoms with E-state index in [4.69, 9.17) is 5.11 Å². The zero-order valence-corrected chi connectivity index (χ0v) is 14.1. The Labute approximate surface area is 134 Å². The van der Waals surface area contributed by atoms with Crippen LogP contribution in [0.3, 0.4) is 0 Å². The minimum absolute atomic E-state index is 0.176. The summed E-state index contributed by atoms with van der Waals surface area (Å²) < 4.78 is 0. The first-order valence-corrected chi connectivity index (χ1v) is 8.57.